The first-order chi connectivity index (χ1) is 8.27. The van der Waals surface area contributed by atoms with Gasteiger partial charge in [0.25, 0.3) is 0 Å². The van der Waals surface area contributed by atoms with Crippen molar-refractivity contribution in [2.24, 2.45) is 0 Å². The number of hydrogen-bond donors (Lipinski definition) is 1. The molecule has 0 atom stereocenters. The van der Waals surface area contributed by atoms with E-state index in [1.54, 1.807) is 0 Å². The summed E-state index contributed by atoms with van der Waals surface area (Å²) in [6, 6.07) is 6.35. The fourth-order valence-electron chi connectivity index (χ4n) is 2.39. The molecule has 1 N–H and O–H groups in total. The molecule has 3 rings (SSSR count). The van der Waals surface area contributed by atoms with Gasteiger partial charge in [-0.25, -0.2) is 4.98 Å². The van der Waals surface area contributed by atoms with Gasteiger partial charge in [0.2, 0.25) is 0 Å². The lowest BCUT2D eigenvalue weighted by molar-refractivity contribution is 0.582. The van der Waals surface area contributed by atoms with Gasteiger partial charge in [0.15, 0.2) is 0 Å². The molecular weight excluding hydrogens is 280 g/mol. The highest BCUT2D eigenvalue weighted by molar-refractivity contribution is 9.10. The molecule has 0 saturated carbocycles. The lowest BCUT2D eigenvalue weighted by atomic mass is 10.3. The molecule has 1 saturated heterocycles. The van der Waals surface area contributed by atoms with E-state index in [0.717, 1.165) is 42.1 Å². The van der Waals surface area contributed by atoms with Gasteiger partial charge in [0.1, 0.15) is 16.2 Å². The molecule has 0 aromatic carbocycles. The van der Waals surface area contributed by atoms with Gasteiger partial charge in [-0.1, -0.05) is 6.07 Å². The minimum absolute atomic E-state index is 0.923. The van der Waals surface area contributed by atoms with Crippen LogP contribution >= 0.6 is 15.9 Å². The number of aryl methyl sites for hydroxylation is 1. The second-order valence-electron chi connectivity index (χ2n) is 4.29. The molecule has 4 nitrogen and oxygen atoms in total. The highest BCUT2D eigenvalue weighted by atomic mass is 79.9. The highest BCUT2D eigenvalue weighted by Crippen LogP contribution is 2.25. The van der Waals surface area contributed by atoms with Gasteiger partial charge in [-0.2, -0.15) is 0 Å². The maximum absolute atomic E-state index is 4.48. The summed E-state index contributed by atoms with van der Waals surface area (Å²) < 4.78 is 3.14. The van der Waals surface area contributed by atoms with Crippen LogP contribution in [0.5, 0.6) is 0 Å². The van der Waals surface area contributed by atoms with Gasteiger partial charge in [0, 0.05) is 26.2 Å². The monoisotopic (exact) mass is 294 g/mol. The lowest BCUT2D eigenvalue weighted by Crippen LogP contribution is -2.44. The summed E-state index contributed by atoms with van der Waals surface area (Å²) in [5.41, 5.74) is 1.14. The molecule has 17 heavy (non-hydrogen) atoms. The Kier molecular flexibility index (Phi) is 2.80. The number of piperazine rings is 1. The number of nitrogens with one attached hydrogen (secondary N) is 1. The second kappa shape index (κ2) is 4.31. The van der Waals surface area contributed by atoms with Crippen LogP contribution in [0.2, 0.25) is 0 Å². The SMILES string of the molecule is Cc1nc(Br)c2cccc(N3CCNCC3)n12. The second-order valence-corrected chi connectivity index (χ2v) is 5.04. The summed E-state index contributed by atoms with van der Waals surface area (Å²) >= 11 is 3.51. The minimum Gasteiger partial charge on any atom is -0.355 e. The van der Waals surface area contributed by atoms with Gasteiger partial charge in [-0.05, 0) is 35.0 Å². The number of pyridine rings is 1. The first-order valence-electron chi connectivity index (χ1n) is 5.86. The Morgan fingerprint density at radius 3 is 2.82 bits per heavy atom. The van der Waals surface area contributed by atoms with E-state index in [1.807, 2.05) is 6.92 Å². The molecule has 2 aromatic rings. The zero-order valence-electron chi connectivity index (χ0n) is 9.78. The maximum Gasteiger partial charge on any atom is 0.132 e. The van der Waals surface area contributed by atoms with Crippen molar-refractivity contribution >= 4 is 27.3 Å². The highest BCUT2D eigenvalue weighted by Gasteiger charge is 2.15. The Labute approximate surface area is 109 Å². The van der Waals surface area contributed by atoms with Gasteiger partial charge < -0.3 is 10.2 Å². The van der Waals surface area contributed by atoms with Crippen molar-refractivity contribution in [3.63, 3.8) is 0 Å². The fourth-order valence-corrected chi connectivity index (χ4v) is 2.96. The smallest absolute Gasteiger partial charge is 0.132 e. The third-order valence-electron chi connectivity index (χ3n) is 3.21. The summed E-state index contributed by atoms with van der Waals surface area (Å²) in [7, 11) is 0. The normalized spacial score (nSPS) is 16.7. The third kappa shape index (κ3) is 1.83. The van der Waals surface area contributed by atoms with Crippen molar-refractivity contribution in [2.75, 3.05) is 31.1 Å². The number of aromatic nitrogens is 2. The van der Waals surface area contributed by atoms with E-state index >= 15 is 0 Å². The molecule has 5 heteroatoms. The van der Waals surface area contributed by atoms with Crippen molar-refractivity contribution in [1.82, 2.24) is 14.7 Å². The lowest BCUT2D eigenvalue weighted by Gasteiger charge is -2.30. The van der Waals surface area contributed by atoms with Crippen molar-refractivity contribution in [1.29, 1.82) is 0 Å². The number of rotatable bonds is 1. The van der Waals surface area contributed by atoms with E-state index in [2.05, 4.69) is 53.7 Å². The molecule has 1 fully saturated rings. The van der Waals surface area contributed by atoms with Gasteiger partial charge in [-0.3, -0.25) is 4.40 Å². The van der Waals surface area contributed by atoms with E-state index in [1.165, 1.54) is 5.82 Å². The quantitative estimate of drug-likeness (QED) is 0.871. The molecule has 1 aliphatic rings. The van der Waals surface area contributed by atoms with Crippen molar-refractivity contribution in [3.8, 4) is 0 Å². The Bertz CT molecular complexity index is 543. The van der Waals surface area contributed by atoms with Crippen LogP contribution in [-0.4, -0.2) is 35.6 Å². The van der Waals surface area contributed by atoms with E-state index in [0.29, 0.717) is 0 Å². The van der Waals surface area contributed by atoms with Crippen molar-refractivity contribution in [3.05, 3.63) is 28.6 Å². The van der Waals surface area contributed by atoms with Crippen molar-refractivity contribution < 1.29 is 0 Å². The molecule has 0 amide bonds. The maximum atomic E-state index is 4.48. The molecular formula is C12H15BrN4. The molecule has 0 aliphatic carbocycles. The van der Waals surface area contributed by atoms with Crippen LogP contribution in [0.1, 0.15) is 5.82 Å². The third-order valence-corrected chi connectivity index (χ3v) is 3.79. The summed E-state index contributed by atoms with van der Waals surface area (Å²) in [4.78, 5) is 6.89. The van der Waals surface area contributed by atoms with Crippen LogP contribution in [-0.2, 0) is 0 Å². The number of imidazole rings is 1. The van der Waals surface area contributed by atoms with Crippen LogP contribution in [0, 0.1) is 6.92 Å². The van der Waals surface area contributed by atoms with Crippen LogP contribution < -0.4 is 10.2 Å². The molecule has 0 bridgehead atoms. The standard InChI is InChI=1S/C12H15BrN4/c1-9-15-12(13)10-3-2-4-11(17(9)10)16-7-5-14-6-8-16/h2-4,14H,5-8H2,1H3. The van der Waals surface area contributed by atoms with Crippen LogP contribution in [0.4, 0.5) is 5.82 Å². The summed E-state index contributed by atoms with van der Waals surface area (Å²) in [5.74, 6) is 2.26. The largest absolute Gasteiger partial charge is 0.355 e. The van der Waals surface area contributed by atoms with Crippen LogP contribution in [0.3, 0.4) is 0 Å². The van der Waals surface area contributed by atoms with Crippen molar-refractivity contribution in [2.45, 2.75) is 6.92 Å². The number of hydrogen-bond acceptors (Lipinski definition) is 3. The van der Waals surface area contributed by atoms with E-state index in [-0.39, 0.29) is 0 Å². The zero-order valence-corrected chi connectivity index (χ0v) is 11.4. The first kappa shape index (κ1) is 11.0. The predicted molar refractivity (Wildman–Crippen MR) is 72.7 cm³/mol. The Morgan fingerprint density at radius 2 is 2.06 bits per heavy atom. The molecule has 90 valence electrons. The number of nitrogens with zero attached hydrogens (tertiary/aromatic N) is 3. The molecule has 0 spiro atoms. The predicted octanol–water partition coefficient (Wildman–Crippen LogP) is 1.81. The molecule has 2 aromatic heterocycles. The topological polar surface area (TPSA) is 32.6 Å². The van der Waals surface area contributed by atoms with Gasteiger partial charge >= 0.3 is 0 Å². The molecule has 0 unspecified atom stereocenters. The van der Waals surface area contributed by atoms with Gasteiger partial charge in [0.05, 0.1) is 5.52 Å². The molecule has 3 heterocycles. The van der Waals surface area contributed by atoms with Crippen LogP contribution in [0.15, 0.2) is 22.8 Å². The summed E-state index contributed by atoms with van der Waals surface area (Å²) in [5, 5.41) is 3.38. The first-order valence-corrected chi connectivity index (χ1v) is 6.66. The minimum atomic E-state index is 0.923. The molecule has 1 aliphatic heterocycles. The van der Waals surface area contributed by atoms with Crippen LogP contribution in [0.25, 0.3) is 5.52 Å². The van der Waals surface area contributed by atoms with E-state index < -0.39 is 0 Å². The number of halogens is 1. The van der Waals surface area contributed by atoms with E-state index in [4.69, 9.17) is 0 Å². The summed E-state index contributed by atoms with van der Waals surface area (Å²) in [6.07, 6.45) is 0. The average molecular weight is 295 g/mol. The Morgan fingerprint density at radius 1 is 1.29 bits per heavy atom. The Hall–Kier alpha value is -1.07. The van der Waals surface area contributed by atoms with E-state index in [9.17, 15) is 0 Å². The molecule has 0 radical (unpaired) electrons. The fraction of sp³-hybridized carbons (Fsp3) is 0.417. The number of anilines is 1. The number of fused-ring (bicyclic) bond motifs is 1. The average Bonchev–Trinajstić information content (AvgIpc) is 2.66. The van der Waals surface area contributed by atoms with Gasteiger partial charge in [-0.15, -0.1) is 0 Å². The Balaban J connectivity index is 2.15. The zero-order chi connectivity index (χ0) is 11.8. The summed E-state index contributed by atoms with van der Waals surface area (Å²) in [6.45, 7) is 6.24.